The highest BCUT2D eigenvalue weighted by Crippen LogP contribution is 2.40. The van der Waals surface area contributed by atoms with Crippen molar-refractivity contribution in [1.82, 2.24) is 0 Å². The maximum atomic E-state index is 12.3. The van der Waals surface area contributed by atoms with Crippen molar-refractivity contribution in [3.8, 4) is 11.8 Å². The molecule has 1 aliphatic rings. The molecule has 1 aliphatic carbocycles. The molecular formula is C19H17N3O3. The molecule has 0 spiro atoms. The summed E-state index contributed by atoms with van der Waals surface area (Å²) in [5, 5.41) is 14.4. The number of hydrogen-bond acceptors (Lipinski definition) is 4. The van der Waals surface area contributed by atoms with Crippen LogP contribution in [-0.2, 0) is 9.59 Å². The van der Waals surface area contributed by atoms with Crippen LogP contribution in [0.3, 0.4) is 0 Å². The average Bonchev–Trinajstić information content (AvgIpc) is 3.43. The molecule has 0 radical (unpaired) electrons. The molecule has 0 saturated heterocycles. The third-order valence-electron chi connectivity index (χ3n) is 4.09. The minimum absolute atomic E-state index is 0.199. The van der Waals surface area contributed by atoms with E-state index < -0.39 is 0 Å². The smallest absolute Gasteiger partial charge is 0.228 e. The Morgan fingerprint density at radius 2 is 1.80 bits per heavy atom. The molecule has 0 heterocycles. The molecule has 2 unspecified atom stereocenters. The van der Waals surface area contributed by atoms with Crippen LogP contribution >= 0.6 is 0 Å². The minimum atomic E-state index is -0.361. The molecule has 126 valence electrons. The summed E-state index contributed by atoms with van der Waals surface area (Å²) in [6.45, 7) is 0. The van der Waals surface area contributed by atoms with Crippen LogP contribution in [-0.4, -0.2) is 18.9 Å². The fourth-order valence-corrected chi connectivity index (χ4v) is 2.65. The maximum Gasteiger partial charge on any atom is 0.228 e. The number of para-hydroxylation sites is 2. The summed E-state index contributed by atoms with van der Waals surface area (Å²) in [6, 6.07) is 15.8. The normalized spacial score (nSPS) is 17.9. The van der Waals surface area contributed by atoms with Gasteiger partial charge in [0.15, 0.2) is 0 Å². The second-order valence-corrected chi connectivity index (χ2v) is 5.82. The van der Waals surface area contributed by atoms with Gasteiger partial charge in [-0.1, -0.05) is 18.2 Å². The average molecular weight is 335 g/mol. The van der Waals surface area contributed by atoms with Crippen LogP contribution in [0.15, 0.2) is 48.5 Å². The lowest BCUT2D eigenvalue weighted by Crippen LogP contribution is -2.20. The van der Waals surface area contributed by atoms with Gasteiger partial charge in [-0.3, -0.25) is 9.59 Å². The Balaban J connectivity index is 1.59. The molecular weight excluding hydrogens is 318 g/mol. The molecule has 6 heteroatoms. The summed E-state index contributed by atoms with van der Waals surface area (Å²) in [4.78, 5) is 24.6. The number of methoxy groups -OCH3 is 1. The third-order valence-corrected chi connectivity index (χ3v) is 4.09. The van der Waals surface area contributed by atoms with Gasteiger partial charge < -0.3 is 15.4 Å². The van der Waals surface area contributed by atoms with E-state index in [2.05, 4.69) is 10.6 Å². The van der Waals surface area contributed by atoms with Crippen molar-refractivity contribution in [3.05, 3.63) is 54.1 Å². The maximum absolute atomic E-state index is 12.3. The monoisotopic (exact) mass is 335 g/mol. The number of amides is 2. The second kappa shape index (κ2) is 7.05. The van der Waals surface area contributed by atoms with Crippen LogP contribution in [0.4, 0.5) is 11.4 Å². The first-order valence-corrected chi connectivity index (χ1v) is 7.87. The lowest BCUT2D eigenvalue weighted by molar-refractivity contribution is -0.122. The summed E-state index contributed by atoms with van der Waals surface area (Å²) in [5.41, 5.74) is 1.61. The Morgan fingerprint density at radius 3 is 2.52 bits per heavy atom. The molecule has 2 N–H and O–H groups in total. The Hall–Kier alpha value is -3.33. The van der Waals surface area contributed by atoms with Gasteiger partial charge in [0.1, 0.15) is 5.75 Å². The molecule has 2 aromatic rings. The second-order valence-electron chi connectivity index (χ2n) is 5.82. The number of nitrogens with zero attached hydrogens (tertiary/aromatic N) is 1. The standard InChI is InChI=1S/C19H17N3O3/c1-25-17-8-3-2-7-16(17)22-19(24)15-10-14(15)18(23)21-13-6-4-5-12(9-13)11-20/h2-9,14-15H,10H2,1H3,(H,21,23)(H,22,24). The van der Waals surface area contributed by atoms with Crippen LogP contribution in [0.2, 0.25) is 0 Å². The van der Waals surface area contributed by atoms with Gasteiger partial charge >= 0.3 is 0 Å². The van der Waals surface area contributed by atoms with E-state index in [0.717, 1.165) is 0 Å². The fraction of sp³-hybridized carbons (Fsp3) is 0.211. The number of rotatable bonds is 5. The van der Waals surface area contributed by atoms with E-state index in [1.54, 1.807) is 42.5 Å². The Morgan fingerprint density at radius 1 is 1.08 bits per heavy atom. The van der Waals surface area contributed by atoms with E-state index in [9.17, 15) is 9.59 Å². The van der Waals surface area contributed by atoms with Crippen molar-refractivity contribution in [2.24, 2.45) is 11.8 Å². The third kappa shape index (κ3) is 3.78. The zero-order chi connectivity index (χ0) is 17.8. The summed E-state index contributed by atoms with van der Waals surface area (Å²) < 4.78 is 5.20. The van der Waals surface area contributed by atoms with Crippen molar-refractivity contribution >= 4 is 23.2 Å². The van der Waals surface area contributed by atoms with E-state index >= 15 is 0 Å². The van der Waals surface area contributed by atoms with Gasteiger partial charge in [-0.25, -0.2) is 0 Å². The van der Waals surface area contributed by atoms with Gasteiger partial charge in [0.05, 0.1) is 36.3 Å². The Bertz CT molecular complexity index is 857. The predicted octanol–water partition coefficient (Wildman–Crippen LogP) is 2.78. The number of carbonyl (C=O) groups is 2. The number of ether oxygens (including phenoxy) is 1. The molecule has 2 aromatic carbocycles. The molecule has 0 aromatic heterocycles. The van der Waals surface area contributed by atoms with E-state index in [4.69, 9.17) is 10.00 Å². The summed E-state index contributed by atoms with van der Waals surface area (Å²) in [5.74, 6) is -0.555. The highest BCUT2D eigenvalue weighted by Gasteiger charge is 2.48. The van der Waals surface area contributed by atoms with Gasteiger partial charge in [0, 0.05) is 5.69 Å². The molecule has 3 rings (SSSR count). The number of nitrogens with one attached hydrogen (secondary N) is 2. The van der Waals surface area contributed by atoms with Crippen molar-refractivity contribution in [2.45, 2.75) is 6.42 Å². The summed E-state index contributed by atoms with van der Waals surface area (Å²) in [7, 11) is 1.54. The van der Waals surface area contributed by atoms with Crippen LogP contribution < -0.4 is 15.4 Å². The molecule has 25 heavy (non-hydrogen) atoms. The van der Waals surface area contributed by atoms with Crippen molar-refractivity contribution < 1.29 is 14.3 Å². The van der Waals surface area contributed by atoms with E-state index in [1.807, 2.05) is 12.1 Å². The van der Waals surface area contributed by atoms with E-state index in [0.29, 0.717) is 29.1 Å². The molecule has 1 fully saturated rings. The van der Waals surface area contributed by atoms with Gasteiger partial charge in [-0.05, 0) is 36.8 Å². The molecule has 2 amide bonds. The lowest BCUT2D eigenvalue weighted by atomic mass is 10.2. The number of hydrogen-bond donors (Lipinski definition) is 2. The molecule has 0 aliphatic heterocycles. The lowest BCUT2D eigenvalue weighted by Gasteiger charge is -2.09. The van der Waals surface area contributed by atoms with Crippen LogP contribution in [0.25, 0.3) is 0 Å². The van der Waals surface area contributed by atoms with Gasteiger partial charge in [0.2, 0.25) is 11.8 Å². The highest BCUT2D eigenvalue weighted by molar-refractivity contribution is 6.03. The predicted molar refractivity (Wildman–Crippen MR) is 93.0 cm³/mol. The van der Waals surface area contributed by atoms with Crippen molar-refractivity contribution in [1.29, 1.82) is 5.26 Å². The number of anilines is 2. The fourth-order valence-electron chi connectivity index (χ4n) is 2.65. The zero-order valence-electron chi connectivity index (χ0n) is 13.7. The van der Waals surface area contributed by atoms with Crippen LogP contribution in [0.1, 0.15) is 12.0 Å². The molecule has 6 nitrogen and oxygen atoms in total. The summed E-state index contributed by atoms with van der Waals surface area (Å²) >= 11 is 0. The van der Waals surface area contributed by atoms with Gasteiger partial charge in [-0.15, -0.1) is 0 Å². The topological polar surface area (TPSA) is 91.2 Å². The number of nitriles is 1. The van der Waals surface area contributed by atoms with Crippen LogP contribution in [0, 0.1) is 23.2 Å². The zero-order valence-corrected chi connectivity index (χ0v) is 13.7. The number of carbonyl (C=O) groups excluding carboxylic acids is 2. The molecule has 1 saturated carbocycles. The molecule has 2 atom stereocenters. The van der Waals surface area contributed by atoms with Crippen molar-refractivity contribution in [3.63, 3.8) is 0 Å². The first-order valence-electron chi connectivity index (χ1n) is 7.87. The van der Waals surface area contributed by atoms with E-state index in [1.165, 1.54) is 7.11 Å². The quantitative estimate of drug-likeness (QED) is 0.879. The Kier molecular flexibility index (Phi) is 4.66. The first kappa shape index (κ1) is 16.5. The Labute approximate surface area is 145 Å². The number of benzene rings is 2. The summed E-state index contributed by atoms with van der Waals surface area (Å²) in [6.07, 6.45) is 0.505. The SMILES string of the molecule is COc1ccccc1NC(=O)C1CC1C(=O)Nc1cccc(C#N)c1. The highest BCUT2D eigenvalue weighted by atomic mass is 16.5. The minimum Gasteiger partial charge on any atom is -0.495 e. The first-order chi connectivity index (χ1) is 12.1. The largest absolute Gasteiger partial charge is 0.495 e. The van der Waals surface area contributed by atoms with Gasteiger partial charge in [-0.2, -0.15) is 5.26 Å². The van der Waals surface area contributed by atoms with Crippen molar-refractivity contribution in [2.75, 3.05) is 17.7 Å². The van der Waals surface area contributed by atoms with E-state index in [-0.39, 0.29) is 23.7 Å². The molecule has 0 bridgehead atoms. The van der Waals surface area contributed by atoms with Gasteiger partial charge in [0.25, 0.3) is 0 Å². The van der Waals surface area contributed by atoms with Crippen LogP contribution in [0.5, 0.6) is 5.75 Å².